The van der Waals surface area contributed by atoms with E-state index in [-0.39, 0.29) is 23.5 Å². The maximum atomic E-state index is 16.0. The van der Waals surface area contributed by atoms with Gasteiger partial charge in [-0.2, -0.15) is 0 Å². The predicted octanol–water partition coefficient (Wildman–Crippen LogP) is 6.80. The average molecular weight is 489 g/mol. The number of fused-ring (bicyclic) bond motifs is 1. The van der Waals surface area contributed by atoms with Crippen LogP contribution in [0.1, 0.15) is 61.3 Å². The number of nitrogens with zero attached hydrogens (tertiary/aromatic N) is 2. The van der Waals surface area contributed by atoms with E-state index in [1.165, 1.54) is 5.46 Å². The van der Waals surface area contributed by atoms with Gasteiger partial charge in [-0.3, -0.25) is 0 Å². The van der Waals surface area contributed by atoms with Crippen LogP contribution in [0.4, 0.5) is 9.18 Å². The van der Waals surface area contributed by atoms with E-state index in [2.05, 4.69) is 44.4 Å². The number of carbonyl (C=O) groups is 1. The quantitative estimate of drug-likeness (QED) is 0.445. The van der Waals surface area contributed by atoms with Crippen molar-refractivity contribution in [2.24, 2.45) is 10.8 Å². The molecule has 0 aliphatic carbocycles. The van der Waals surface area contributed by atoms with E-state index in [9.17, 15) is 4.79 Å². The first-order valence-corrected chi connectivity index (χ1v) is 12.9. The van der Waals surface area contributed by atoms with Crippen LogP contribution in [0, 0.1) is 10.8 Å². The Morgan fingerprint density at radius 1 is 1.12 bits per heavy atom. The summed E-state index contributed by atoms with van der Waals surface area (Å²) in [7, 11) is 0. The van der Waals surface area contributed by atoms with Gasteiger partial charge in [-0.15, -0.1) is 0 Å². The number of hydrogen-bond acceptors (Lipinski definition) is 2. The summed E-state index contributed by atoms with van der Waals surface area (Å²) in [5.41, 5.74) is 0.872. The molecule has 3 heterocycles. The van der Waals surface area contributed by atoms with Crippen molar-refractivity contribution in [2.75, 3.05) is 13.1 Å². The number of likely N-dealkylation sites (tertiary alicyclic amines) is 1. The van der Waals surface area contributed by atoms with Gasteiger partial charge in [0.1, 0.15) is 11.3 Å². The van der Waals surface area contributed by atoms with Crippen molar-refractivity contribution in [1.82, 2.24) is 9.47 Å². The fraction of sp³-hybridized carbons (Fsp3) is 0.667. The van der Waals surface area contributed by atoms with E-state index < -0.39 is 11.3 Å². The van der Waals surface area contributed by atoms with Crippen molar-refractivity contribution < 1.29 is 13.9 Å². The molecule has 2 aromatic rings. The van der Waals surface area contributed by atoms with Gasteiger partial charge >= 0.3 is 6.09 Å². The van der Waals surface area contributed by atoms with Gasteiger partial charge in [0.25, 0.3) is 0 Å². The van der Waals surface area contributed by atoms with Gasteiger partial charge in [-0.25, -0.2) is 9.18 Å². The van der Waals surface area contributed by atoms with E-state index in [1.807, 2.05) is 33.0 Å². The third kappa shape index (κ3) is 4.98. The highest BCUT2D eigenvalue weighted by Gasteiger charge is 2.48. The number of piperidine rings is 1. The summed E-state index contributed by atoms with van der Waals surface area (Å²) >= 11 is 6.53. The monoisotopic (exact) mass is 488 g/mol. The lowest BCUT2D eigenvalue weighted by Crippen LogP contribution is -2.47. The number of hydrogen-bond donors (Lipinski definition) is 0. The van der Waals surface area contributed by atoms with Crippen LogP contribution in [-0.4, -0.2) is 46.6 Å². The minimum atomic E-state index is -1.37. The van der Waals surface area contributed by atoms with Crippen molar-refractivity contribution in [1.29, 1.82) is 0 Å². The van der Waals surface area contributed by atoms with Crippen molar-refractivity contribution in [3.8, 4) is 0 Å². The van der Waals surface area contributed by atoms with Gasteiger partial charge in [0.2, 0.25) is 0 Å². The fourth-order valence-electron chi connectivity index (χ4n) is 5.75. The molecule has 2 fully saturated rings. The molecular weight excluding hydrogens is 450 g/mol. The number of benzene rings is 1. The van der Waals surface area contributed by atoms with Crippen LogP contribution in [0.3, 0.4) is 0 Å². The number of carbonyl (C=O) groups excluding carboxylic acids is 1. The SMILES string of the molecule is CC(C)(C)OC(=O)N1CCC(F)(Cn2ccc3cc(Cl)cc(B4CC(C)(C)C(C)(C)C4)c32)CC1. The minimum absolute atomic E-state index is 0.222. The van der Waals surface area contributed by atoms with Crippen LogP contribution >= 0.6 is 11.6 Å². The van der Waals surface area contributed by atoms with E-state index in [1.54, 1.807) is 4.90 Å². The second-order valence-corrected chi connectivity index (χ2v) is 13.3. The zero-order valence-electron chi connectivity index (χ0n) is 21.8. The summed E-state index contributed by atoms with van der Waals surface area (Å²) in [6.07, 6.45) is 4.43. The van der Waals surface area contributed by atoms with Crippen molar-refractivity contribution in [3.05, 3.63) is 29.4 Å². The maximum Gasteiger partial charge on any atom is 0.410 e. The predicted molar refractivity (Wildman–Crippen MR) is 140 cm³/mol. The Hall–Kier alpha value is -1.69. The Kier molecular flexibility index (Phi) is 6.32. The fourth-order valence-corrected chi connectivity index (χ4v) is 5.98. The van der Waals surface area contributed by atoms with Gasteiger partial charge in [-0.1, -0.05) is 57.4 Å². The summed E-state index contributed by atoms with van der Waals surface area (Å²) in [6.45, 7) is 16.4. The first-order valence-electron chi connectivity index (χ1n) is 12.5. The lowest BCUT2D eigenvalue weighted by molar-refractivity contribution is -0.000250. The molecule has 4 rings (SSSR count). The van der Waals surface area contributed by atoms with Gasteiger partial charge < -0.3 is 14.2 Å². The van der Waals surface area contributed by atoms with Gasteiger partial charge in [-0.05, 0) is 49.8 Å². The summed E-state index contributed by atoms with van der Waals surface area (Å²) < 4.78 is 23.6. The largest absolute Gasteiger partial charge is 0.444 e. The van der Waals surface area contributed by atoms with Crippen LogP contribution < -0.4 is 5.46 Å². The lowest BCUT2D eigenvalue weighted by atomic mass is 9.42. The van der Waals surface area contributed by atoms with E-state index in [4.69, 9.17) is 16.3 Å². The number of amides is 1. The molecular formula is C27H39BClFN2O2. The molecule has 0 atom stereocenters. The van der Waals surface area contributed by atoms with Crippen molar-refractivity contribution >= 4 is 40.8 Å². The molecule has 0 N–H and O–H groups in total. The Balaban J connectivity index is 1.57. The number of rotatable bonds is 3. The summed E-state index contributed by atoms with van der Waals surface area (Å²) in [4.78, 5) is 14.0. The molecule has 2 aliphatic heterocycles. The molecule has 1 aromatic carbocycles. The van der Waals surface area contributed by atoms with Crippen LogP contribution in [0.15, 0.2) is 24.4 Å². The first-order chi connectivity index (χ1) is 15.6. The molecule has 0 bridgehead atoms. The Bertz CT molecular complexity index is 1060. The Morgan fingerprint density at radius 3 is 2.26 bits per heavy atom. The number of aromatic nitrogens is 1. The summed E-state index contributed by atoms with van der Waals surface area (Å²) in [5.74, 6) is 0. The molecule has 2 aliphatic rings. The number of halogens is 2. The summed E-state index contributed by atoms with van der Waals surface area (Å²) in [5, 5.41) is 1.81. The molecule has 1 amide bonds. The molecule has 186 valence electrons. The van der Waals surface area contributed by atoms with Gasteiger partial charge in [0.15, 0.2) is 6.71 Å². The highest BCUT2D eigenvalue weighted by Crippen LogP contribution is 2.53. The third-order valence-corrected chi connectivity index (χ3v) is 8.62. The average Bonchev–Trinajstić information content (AvgIpc) is 3.16. The van der Waals surface area contributed by atoms with Crippen molar-refractivity contribution in [3.63, 3.8) is 0 Å². The molecule has 34 heavy (non-hydrogen) atoms. The second kappa shape index (κ2) is 8.46. The summed E-state index contributed by atoms with van der Waals surface area (Å²) in [6, 6.07) is 6.13. The normalized spacial score (nSPS) is 21.8. The van der Waals surface area contributed by atoms with E-state index in [0.29, 0.717) is 32.6 Å². The molecule has 1 aromatic heterocycles. The number of ether oxygens (including phenoxy) is 1. The third-order valence-electron chi connectivity index (χ3n) is 8.41. The van der Waals surface area contributed by atoms with Crippen molar-refractivity contribution in [2.45, 2.75) is 91.8 Å². The molecule has 4 nitrogen and oxygen atoms in total. The van der Waals surface area contributed by atoms with Crippen LogP contribution in [0.5, 0.6) is 0 Å². The highest BCUT2D eigenvalue weighted by molar-refractivity contribution is 6.76. The topological polar surface area (TPSA) is 34.5 Å². The second-order valence-electron chi connectivity index (χ2n) is 12.9. The molecule has 0 unspecified atom stereocenters. The highest BCUT2D eigenvalue weighted by atomic mass is 35.5. The van der Waals surface area contributed by atoms with E-state index in [0.717, 1.165) is 28.6 Å². The number of alkyl halides is 1. The zero-order valence-corrected chi connectivity index (χ0v) is 22.6. The molecule has 0 radical (unpaired) electrons. The molecule has 0 spiro atoms. The van der Waals surface area contributed by atoms with Gasteiger partial charge in [0.05, 0.1) is 6.54 Å². The van der Waals surface area contributed by atoms with Crippen LogP contribution in [0.25, 0.3) is 10.9 Å². The van der Waals surface area contributed by atoms with E-state index >= 15 is 4.39 Å². The Labute approximate surface area is 209 Å². The van der Waals surface area contributed by atoms with Gasteiger partial charge in [0, 0.05) is 48.1 Å². The minimum Gasteiger partial charge on any atom is -0.444 e. The first kappa shape index (κ1) is 25.4. The Morgan fingerprint density at radius 2 is 1.71 bits per heavy atom. The molecule has 7 heteroatoms. The molecule has 0 saturated carbocycles. The maximum absolute atomic E-state index is 16.0. The molecule has 2 saturated heterocycles. The zero-order chi connectivity index (χ0) is 25.1. The standard InChI is InChI=1S/C27H39BClFN2O2/c1-24(2,3)34-23(33)31-12-9-27(30,10-13-31)18-32-11-8-19-14-20(29)15-21(22(19)32)28-16-25(4,5)26(6,7)17-28/h8,11,14-15H,9-10,12-13,16-18H2,1-7H3. The smallest absolute Gasteiger partial charge is 0.410 e. The van der Waals surface area contributed by atoms with Crippen LogP contribution in [-0.2, 0) is 11.3 Å². The lowest BCUT2D eigenvalue weighted by Gasteiger charge is -2.37. The van der Waals surface area contributed by atoms with Crippen LogP contribution in [0.2, 0.25) is 17.7 Å².